The van der Waals surface area contributed by atoms with Crippen LogP contribution in [0.5, 0.6) is 0 Å². The molecule has 100 valence electrons. The van der Waals surface area contributed by atoms with E-state index in [2.05, 4.69) is 0 Å². The highest BCUT2D eigenvalue weighted by Crippen LogP contribution is 2.36. The van der Waals surface area contributed by atoms with E-state index < -0.39 is 5.97 Å². The number of fused-ring (bicyclic) bond motifs is 3. The van der Waals surface area contributed by atoms with Crippen molar-refractivity contribution in [3.05, 3.63) is 59.2 Å². The van der Waals surface area contributed by atoms with Crippen molar-refractivity contribution in [3.63, 3.8) is 0 Å². The zero-order chi connectivity index (χ0) is 14.1. The Labute approximate surface area is 115 Å². The van der Waals surface area contributed by atoms with Crippen LogP contribution in [0.1, 0.15) is 26.3 Å². The molecule has 0 aromatic heterocycles. The number of hydrogen-bond donors (Lipinski definition) is 1. The first kappa shape index (κ1) is 12.6. The average Bonchev–Trinajstić information content (AvgIpc) is 2.78. The fourth-order valence-electron chi connectivity index (χ4n) is 2.38. The third-order valence-corrected chi connectivity index (χ3v) is 3.29. The maximum Gasteiger partial charge on any atom is 0.338 e. The zero-order valence-corrected chi connectivity index (χ0v) is 10.6. The molecule has 4 heteroatoms. The summed E-state index contributed by atoms with van der Waals surface area (Å²) in [5, 5.41) is 8.65. The van der Waals surface area contributed by atoms with Gasteiger partial charge < -0.3 is 9.84 Å². The number of hydrogen-bond acceptors (Lipinski definition) is 4. The molecule has 1 N–H and O–H groups in total. The Kier molecular flexibility index (Phi) is 3.08. The molecule has 0 saturated carbocycles. The van der Waals surface area contributed by atoms with Crippen molar-refractivity contribution in [3.8, 4) is 11.1 Å². The second kappa shape index (κ2) is 4.90. The van der Waals surface area contributed by atoms with Gasteiger partial charge in [-0.2, -0.15) is 0 Å². The van der Waals surface area contributed by atoms with Crippen LogP contribution >= 0.6 is 0 Å². The number of ketones is 1. The van der Waals surface area contributed by atoms with E-state index in [1.54, 1.807) is 24.3 Å². The van der Waals surface area contributed by atoms with Gasteiger partial charge in [-0.3, -0.25) is 4.79 Å². The van der Waals surface area contributed by atoms with Crippen molar-refractivity contribution in [2.45, 2.75) is 0 Å². The Hall–Kier alpha value is -2.46. The van der Waals surface area contributed by atoms with Crippen LogP contribution in [0, 0.1) is 0 Å². The monoisotopic (exact) mass is 268 g/mol. The maximum atomic E-state index is 12.3. The molecule has 2 aromatic rings. The largest absolute Gasteiger partial charge is 0.460 e. The second-order valence-electron chi connectivity index (χ2n) is 4.49. The first-order chi connectivity index (χ1) is 9.72. The van der Waals surface area contributed by atoms with Gasteiger partial charge >= 0.3 is 5.97 Å². The summed E-state index contributed by atoms with van der Waals surface area (Å²) in [5.74, 6) is -0.613. The fraction of sp³-hybridized carbons (Fsp3) is 0.125. The van der Waals surface area contributed by atoms with E-state index in [4.69, 9.17) is 9.84 Å². The minimum atomic E-state index is -0.536. The molecule has 0 bridgehead atoms. The van der Waals surface area contributed by atoms with Crippen molar-refractivity contribution in [1.82, 2.24) is 0 Å². The van der Waals surface area contributed by atoms with Gasteiger partial charge in [0.25, 0.3) is 0 Å². The summed E-state index contributed by atoms with van der Waals surface area (Å²) in [6.45, 7) is -0.273. The van der Waals surface area contributed by atoms with Crippen molar-refractivity contribution in [2.24, 2.45) is 0 Å². The molecule has 0 radical (unpaired) electrons. The normalized spacial score (nSPS) is 11.9. The maximum absolute atomic E-state index is 12.3. The van der Waals surface area contributed by atoms with Crippen LogP contribution in [0.4, 0.5) is 0 Å². The topological polar surface area (TPSA) is 63.6 Å². The van der Waals surface area contributed by atoms with Crippen LogP contribution in [0.25, 0.3) is 11.1 Å². The Morgan fingerprint density at radius 3 is 2.45 bits per heavy atom. The summed E-state index contributed by atoms with van der Waals surface area (Å²) >= 11 is 0. The molecule has 2 aromatic carbocycles. The van der Waals surface area contributed by atoms with Gasteiger partial charge in [0.2, 0.25) is 0 Å². The number of aliphatic hydroxyl groups is 1. The minimum Gasteiger partial charge on any atom is -0.460 e. The van der Waals surface area contributed by atoms with Crippen LogP contribution in [0.15, 0.2) is 42.5 Å². The van der Waals surface area contributed by atoms with Gasteiger partial charge in [-0.25, -0.2) is 4.79 Å². The van der Waals surface area contributed by atoms with E-state index in [9.17, 15) is 9.59 Å². The van der Waals surface area contributed by atoms with Crippen molar-refractivity contribution in [1.29, 1.82) is 0 Å². The molecule has 0 spiro atoms. The summed E-state index contributed by atoms with van der Waals surface area (Å²) in [6, 6.07) is 12.3. The lowest BCUT2D eigenvalue weighted by Crippen LogP contribution is -2.09. The number of aliphatic hydroxyl groups excluding tert-OH is 1. The van der Waals surface area contributed by atoms with Crippen LogP contribution < -0.4 is 0 Å². The lowest BCUT2D eigenvalue weighted by Gasteiger charge is -2.05. The average molecular weight is 268 g/mol. The zero-order valence-electron chi connectivity index (χ0n) is 10.6. The van der Waals surface area contributed by atoms with Crippen LogP contribution in [0.2, 0.25) is 0 Å². The molecule has 4 nitrogen and oxygen atoms in total. The third-order valence-electron chi connectivity index (χ3n) is 3.29. The summed E-state index contributed by atoms with van der Waals surface area (Å²) in [4.78, 5) is 24.0. The van der Waals surface area contributed by atoms with Gasteiger partial charge in [0, 0.05) is 11.1 Å². The summed E-state index contributed by atoms with van der Waals surface area (Å²) in [6.07, 6.45) is 0. The molecule has 20 heavy (non-hydrogen) atoms. The quantitative estimate of drug-likeness (QED) is 0.738. The van der Waals surface area contributed by atoms with Crippen molar-refractivity contribution >= 4 is 11.8 Å². The molecule has 1 aliphatic carbocycles. The Bertz CT molecular complexity index is 703. The van der Waals surface area contributed by atoms with Gasteiger partial charge in [0.05, 0.1) is 12.2 Å². The predicted molar refractivity (Wildman–Crippen MR) is 72.7 cm³/mol. The van der Waals surface area contributed by atoms with E-state index in [-0.39, 0.29) is 19.0 Å². The molecule has 0 unspecified atom stereocenters. The number of rotatable bonds is 3. The number of carbonyl (C=O) groups is 2. The molecule has 1 aliphatic rings. The summed E-state index contributed by atoms with van der Waals surface area (Å²) < 4.78 is 4.85. The minimum absolute atomic E-state index is 0.0515. The van der Waals surface area contributed by atoms with Gasteiger partial charge in [-0.15, -0.1) is 0 Å². The highest BCUT2D eigenvalue weighted by atomic mass is 16.5. The summed E-state index contributed by atoms with van der Waals surface area (Å²) in [7, 11) is 0. The number of benzene rings is 2. The molecule has 3 rings (SSSR count). The highest BCUT2D eigenvalue weighted by molar-refractivity contribution is 6.22. The Morgan fingerprint density at radius 1 is 1.00 bits per heavy atom. The summed E-state index contributed by atoms with van der Waals surface area (Å²) in [5.41, 5.74) is 3.22. The lowest BCUT2D eigenvalue weighted by atomic mass is 10.0. The van der Waals surface area contributed by atoms with Crippen LogP contribution in [-0.4, -0.2) is 30.1 Å². The Balaban J connectivity index is 2.00. The standard InChI is InChI=1S/C16H12O4/c17-7-8-20-16(19)10-5-6-12-11-3-1-2-4-13(11)15(18)14(12)9-10/h1-6,9,17H,7-8H2. The van der Waals surface area contributed by atoms with Gasteiger partial charge in [0.1, 0.15) is 6.61 Å². The molecule has 0 amide bonds. The molecular weight excluding hydrogens is 256 g/mol. The lowest BCUT2D eigenvalue weighted by molar-refractivity contribution is 0.0434. The van der Waals surface area contributed by atoms with Gasteiger partial charge in [0.15, 0.2) is 5.78 Å². The van der Waals surface area contributed by atoms with Crippen molar-refractivity contribution < 1.29 is 19.4 Å². The molecule has 0 saturated heterocycles. The number of esters is 1. The van der Waals surface area contributed by atoms with E-state index in [1.807, 2.05) is 18.2 Å². The molecular formula is C16H12O4. The number of ether oxygens (including phenoxy) is 1. The van der Waals surface area contributed by atoms with E-state index in [1.165, 1.54) is 0 Å². The number of carbonyl (C=O) groups excluding carboxylic acids is 2. The highest BCUT2D eigenvalue weighted by Gasteiger charge is 2.27. The first-order valence-electron chi connectivity index (χ1n) is 6.28. The Morgan fingerprint density at radius 2 is 1.70 bits per heavy atom. The van der Waals surface area contributed by atoms with E-state index >= 15 is 0 Å². The SMILES string of the molecule is O=C(OCCO)c1ccc2c(c1)C(=O)c1ccccc1-2. The van der Waals surface area contributed by atoms with Crippen LogP contribution in [0.3, 0.4) is 0 Å². The van der Waals surface area contributed by atoms with Gasteiger partial charge in [-0.1, -0.05) is 30.3 Å². The van der Waals surface area contributed by atoms with Crippen molar-refractivity contribution in [2.75, 3.05) is 13.2 Å². The molecule has 0 aliphatic heterocycles. The van der Waals surface area contributed by atoms with E-state index in [0.29, 0.717) is 16.7 Å². The fourth-order valence-corrected chi connectivity index (χ4v) is 2.38. The first-order valence-corrected chi connectivity index (χ1v) is 6.28. The predicted octanol–water partition coefficient (Wildman–Crippen LogP) is 2.05. The molecule has 0 atom stereocenters. The smallest absolute Gasteiger partial charge is 0.338 e. The second-order valence-corrected chi connectivity index (χ2v) is 4.49. The van der Waals surface area contributed by atoms with E-state index in [0.717, 1.165) is 11.1 Å². The molecule has 0 heterocycles. The molecule has 0 fully saturated rings. The van der Waals surface area contributed by atoms with Gasteiger partial charge in [-0.05, 0) is 23.3 Å². The van der Waals surface area contributed by atoms with Crippen LogP contribution in [-0.2, 0) is 4.74 Å². The third kappa shape index (κ3) is 1.90.